The Kier molecular flexibility index (Phi) is 6.32. The monoisotopic (exact) mass is 483 g/mol. The van der Waals surface area contributed by atoms with Crippen molar-refractivity contribution in [2.45, 2.75) is 11.3 Å². The first-order chi connectivity index (χ1) is 16.3. The number of hydrogen-bond acceptors (Lipinski definition) is 8. The number of para-hydroxylation sites is 1. The van der Waals surface area contributed by atoms with Crippen LogP contribution < -0.4 is 24.4 Å². The number of anilines is 2. The lowest BCUT2D eigenvalue weighted by Crippen LogP contribution is -2.37. The molecule has 1 aliphatic rings. The van der Waals surface area contributed by atoms with Gasteiger partial charge in [0.2, 0.25) is 17.7 Å². The third-order valence-corrected chi connectivity index (χ3v) is 6.48. The molecule has 1 aromatic heterocycles. The third-order valence-electron chi connectivity index (χ3n) is 5.09. The molecule has 3 aromatic rings. The number of nitrogens with one attached hydrogen (secondary N) is 2. The molecule has 1 aliphatic heterocycles. The SMILES string of the molecule is COc1cc(OC)nc(NC(=O)NS(=O)(=O)c2ccccc2C(=O)N2CCc3ccccc32)n1. The summed E-state index contributed by atoms with van der Waals surface area (Å²) in [7, 11) is -1.69. The average molecular weight is 484 g/mol. The number of urea groups is 1. The summed E-state index contributed by atoms with van der Waals surface area (Å²) >= 11 is 0. The van der Waals surface area contributed by atoms with Gasteiger partial charge in [0.15, 0.2) is 0 Å². The molecule has 0 unspecified atom stereocenters. The van der Waals surface area contributed by atoms with E-state index in [1.165, 1.54) is 43.4 Å². The lowest BCUT2D eigenvalue weighted by molar-refractivity contribution is 0.0986. The molecule has 2 aromatic carbocycles. The smallest absolute Gasteiger partial charge is 0.335 e. The Morgan fingerprint density at radius 3 is 2.32 bits per heavy atom. The van der Waals surface area contributed by atoms with Gasteiger partial charge in [-0.1, -0.05) is 30.3 Å². The van der Waals surface area contributed by atoms with Crippen molar-refractivity contribution in [1.29, 1.82) is 0 Å². The summed E-state index contributed by atoms with van der Waals surface area (Å²) in [6, 6.07) is 13.4. The molecule has 0 spiro atoms. The molecule has 0 bridgehead atoms. The average Bonchev–Trinajstić information content (AvgIpc) is 3.27. The minimum absolute atomic E-state index is 0.0567. The molecule has 176 valence electrons. The second-order valence-corrected chi connectivity index (χ2v) is 8.82. The van der Waals surface area contributed by atoms with E-state index in [0.717, 1.165) is 11.3 Å². The van der Waals surface area contributed by atoms with Crippen molar-refractivity contribution < 1.29 is 27.5 Å². The quantitative estimate of drug-likeness (QED) is 0.544. The number of ether oxygens (including phenoxy) is 2. The highest BCUT2D eigenvalue weighted by Gasteiger charge is 2.30. The highest BCUT2D eigenvalue weighted by molar-refractivity contribution is 7.90. The molecule has 0 atom stereocenters. The van der Waals surface area contributed by atoms with Crippen LogP contribution in [0, 0.1) is 0 Å². The number of carbonyl (C=O) groups is 2. The molecule has 0 fully saturated rings. The van der Waals surface area contributed by atoms with Gasteiger partial charge in [-0.2, -0.15) is 9.97 Å². The molecule has 0 saturated heterocycles. The summed E-state index contributed by atoms with van der Waals surface area (Å²) in [6.45, 7) is 0.426. The third kappa shape index (κ3) is 4.62. The Labute approximate surface area is 195 Å². The number of sulfonamides is 1. The van der Waals surface area contributed by atoms with Gasteiger partial charge in [0, 0.05) is 12.2 Å². The number of carbonyl (C=O) groups excluding carboxylic acids is 2. The van der Waals surface area contributed by atoms with Gasteiger partial charge in [-0.05, 0) is 30.2 Å². The molecule has 2 N–H and O–H groups in total. The van der Waals surface area contributed by atoms with Gasteiger partial charge in [0.05, 0.1) is 25.8 Å². The first-order valence-electron chi connectivity index (χ1n) is 10.1. The van der Waals surface area contributed by atoms with Crippen molar-refractivity contribution >= 4 is 33.6 Å². The summed E-state index contributed by atoms with van der Waals surface area (Å²) in [4.78, 5) is 34.8. The van der Waals surface area contributed by atoms with Crippen LogP contribution in [0.4, 0.5) is 16.4 Å². The molecular weight excluding hydrogens is 462 g/mol. The van der Waals surface area contributed by atoms with Crippen molar-refractivity contribution in [2.24, 2.45) is 0 Å². The first-order valence-corrected chi connectivity index (χ1v) is 11.6. The first kappa shape index (κ1) is 23.0. The Bertz CT molecular complexity index is 1340. The van der Waals surface area contributed by atoms with Gasteiger partial charge in [-0.25, -0.2) is 17.9 Å². The van der Waals surface area contributed by atoms with E-state index in [-0.39, 0.29) is 28.2 Å². The fraction of sp³-hybridized carbons (Fsp3) is 0.182. The Hall–Kier alpha value is -4.19. The summed E-state index contributed by atoms with van der Waals surface area (Å²) in [5.41, 5.74) is 1.68. The van der Waals surface area contributed by atoms with Crippen molar-refractivity contribution in [3.63, 3.8) is 0 Å². The molecule has 0 aliphatic carbocycles. The van der Waals surface area contributed by atoms with Crippen molar-refractivity contribution in [3.8, 4) is 11.8 Å². The lowest BCUT2D eigenvalue weighted by atomic mass is 10.1. The topological polar surface area (TPSA) is 140 Å². The van der Waals surface area contributed by atoms with Crippen LogP contribution in [0.2, 0.25) is 0 Å². The minimum Gasteiger partial charge on any atom is -0.481 e. The number of aromatic nitrogens is 2. The lowest BCUT2D eigenvalue weighted by Gasteiger charge is -2.19. The van der Waals surface area contributed by atoms with Gasteiger partial charge in [-0.15, -0.1) is 0 Å². The van der Waals surface area contributed by atoms with E-state index in [1.54, 1.807) is 6.07 Å². The molecular formula is C22H21N5O6S. The number of benzene rings is 2. The summed E-state index contributed by atoms with van der Waals surface area (Å²) in [5, 5.41) is 2.23. The van der Waals surface area contributed by atoms with E-state index in [0.29, 0.717) is 13.0 Å². The Balaban J connectivity index is 1.57. The van der Waals surface area contributed by atoms with E-state index in [4.69, 9.17) is 9.47 Å². The predicted molar refractivity (Wildman–Crippen MR) is 123 cm³/mol. The number of fused-ring (bicyclic) bond motifs is 1. The van der Waals surface area contributed by atoms with Crippen LogP contribution in [0.5, 0.6) is 11.8 Å². The highest BCUT2D eigenvalue weighted by atomic mass is 32.2. The molecule has 3 amide bonds. The fourth-order valence-corrected chi connectivity index (χ4v) is 4.65. The highest BCUT2D eigenvalue weighted by Crippen LogP contribution is 2.30. The number of methoxy groups -OCH3 is 2. The molecule has 11 nitrogen and oxygen atoms in total. The number of amides is 3. The maximum atomic E-state index is 13.3. The van der Waals surface area contributed by atoms with Crippen LogP contribution >= 0.6 is 0 Å². The molecule has 4 rings (SSSR count). The van der Waals surface area contributed by atoms with E-state index in [1.807, 2.05) is 29.0 Å². The molecule has 34 heavy (non-hydrogen) atoms. The predicted octanol–water partition coefficient (Wildman–Crippen LogP) is 2.21. The standard InChI is InChI=1S/C22H21N5O6S/c1-32-18-13-19(33-2)24-21(23-18)25-22(29)26-34(30,31)17-10-6-4-8-15(17)20(28)27-12-11-14-7-3-5-9-16(14)27/h3-10,13H,11-12H2,1-2H3,(H2,23,24,25,26,29). The van der Waals surface area contributed by atoms with Crippen molar-refractivity contribution in [1.82, 2.24) is 14.7 Å². The fourth-order valence-electron chi connectivity index (χ4n) is 3.55. The zero-order valence-electron chi connectivity index (χ0n) is 18.3. The molecule has 2 heterocycles. The van der Waals surface area contributed by atoms with Gasteiger partial charge in [0.25, 0.3) is 15.9 Å². The van der Waals surface area contributed by atoms with E-state index < -0.39 is 22.0 Å². The summed E-state index contributed by atoms with van der Waals surface area (Å²) < 4.78 is 38.0. The van der Waals surface area contributed by atoms with E-state index >= 15 is 0 Å². The van der Waals surface area contributed by atoms with Crippen LogP contribution in [0.1, 0.15) is 15.9 Å². The van der Waals surface area contributed by atoms with E-state index in [9.17, 15) is 18.0 Å². The van der Waals surface area contributed by atoms with Crippen LogP contribution in [-0.4, -0.2) is 51.1 Å². The zero-order valence-corrected chi connectivity index (χ0v) is 19.1. The number of hydrogen-bond donors (Lipinski definition) is 2. The maximum Gasteiger partial charge on any atom is 0.335 e. The number of nitrogens with zero attached hydrogens (tertiary/aromatic N) is 3. The second-order valence-electron chi connectivity index (χ2n) is 7.17. The van der Waals surface area contributed by atoms with Crippen LogP contribution in [0.3, 0.4) is 0 Å². The second kappa shape index (κ2) is 9.35. The van der Waals surface area contributed by atoms with Gasteiger partial charge >= 0.3 is 6.03 Å². The van der Waals surface area contributed by atoms with Gasteiger partial charge in [0.1, 0.15) is 4.90 Å². The van der Waals surface area contributed by atoms with Crippen molar-refractivity contribution in [3.05, 3.63) is 65.7 Å². The normalized spacial score (nSPS) is 12.6. The Morgan fingerprint density at radius 2 is 1.62 bits per heavy atom. The summed E-state index contributed by atoms with van der Waals surface area (Å²) in [6.07, 6.45) is 0.668. The van der Waals surface area contributed by atoms with Gasteiger partial charge in [-0.3, -0.25) is 10.1 Å². The minimum atomic E-state index is -4.42. The number of rotatable bonds is 6. The van der Waals surface area contributed by atoms with Crippen LogP contribution in [0.25, 0.3) is 0 Å². The largest absolute Gasteiger partial charge is 0.481 e. The van der Waals surface area contributed by atoms with E-state index in [2.05, 4.69) is 15.3 Å². The Morgan fingerprint density at radius 1 is 0.971 bits per heavy atom. The molecule has 0 radical (unpaired) electrons. The van der Waals surface area contributed by atoms with Crippen LogP contribution in [-0.2, 0) is 16.4 Å². The zero-order chi connectivity index (χ0) is 24.3. The van der Waals surface area contributed by atoms with Crippen LogP contribution in [0.15, 0.2) is 59.5 Å². The molecule has 12 heteroatoms. The summed E-state index contributed by atoms with van der Waals surface area (Å²) in [5.74, 6) is -0.507. The molecule has 0 saturated carbocycles. The van der Waals surface area contributed by atoms with Crippen molar-refractivity contribution in [2.75, 3.05) is 31.0 Å². The maximum absolute atomic E-state index is 13.3. The van der Waals surface area contributed by atoms with Gasteiger partial charge < -0.3 is 14.4 Å².